The highest BCUT2D eigenvalue weighted by atomic mass is 127. The molecule has 0 aliphatic carbocycles. The molecule has 0 atom stereocenters. The molecule has 8 heteroatoms. The van der Waals surface area contributed by atoms with Gasteiger partial charge >= 0.3 is 0 Å². The molecule has 2 amide bonds. The lowest BCUT2D eigenvalue weighted by molar-refractivity contribution is 0.101. The van der Waals surface area contributed by atoms with E-state index in [1.807, 2.05) is 37.3 Å². The fourth-order valence-corrected chi connectivity index (χ4v) is 4.12. The lowest BCUT2D eigenvalue weighted by Crippen LogP contribution is -2.17. The van der Waals surface area contributed by atoms with Crippen LogP contribution < -0.4 is 20.1 Å². The molecule has 1 aromatic heterocycles. The second kappa shape index (κ2) is 9.30. The summed E-state index contributed by atoms with van der Waals surface area (Å²) in [5, 5.41) is 6.72. The number of carbonyl (C=O) groups excluding carboxylic acids is 2. The van der Waals surface area contributed by atoms with E-state index in [0.717, 1.165) is 20.2 Å². The average molecular weight is 565 g/mol. The van der Waals surface area contributed by atoms with Crippen molar-refractivity contribution < 1.29 is 19.1 Å². The summed E-state index contributed by atoms with van der Waals surface area (Å²) in [5.74, 6) is 0.653. The number of halogens is 1. The summed E-state index contributed by atoms with van der Waals surface area (Å²) in [5.41, 5.74) is 3.92. The van der Waals surface area contributed by atoms with Crippen LogP contribution in [-0.2, 0) is 0 Å². The molecule has 0 unspecified atom stereocenters. The van der Waals surface area contributed by atoms with E-state index in [-0.39, 0.29) is 11.8 Å². The number of amides is 2. The van der Waals surface area contributed by atoms with Crippen molar-refractivity contribution in [2.45, 2.75) is 6.92 Å². The standard InChI is InChI=1S/C26H20IN3O4/c1-15-2-3-16-12-17(4-8-21(16)28-15)26(32)30-22-14-19(6-7-20(22)27)29-25(31)18-5-9-23-24(13-18)34-11-10-33-23/h2-9,12-14H,10-11H2,1H3,(H,29,31)(H,30,32). The van der Waals surface area contributed by atoms with Crippen molar-refractivity contribution in [2.24, 2.45) is 0 Å². The Bertz CT molecular complexity index is 1440. The topological polar surface area (TPSA) is 89.6 Å². The first-order valence-corrected chi connectivity index (χ1v) is 11.7. The Morgan fingerprint density at radius 1 is 0.824 bits per heavy atom. The van der Waals surface area contributed by atoms with E-state index in [1.165, 1.54) is 0 Å². The lowest BCUT2D eigenvalue weighted by Gasteiger charge is -2.18. The van der Waals surface area contributed by atoms with Crippen LogP contribution in [-0.4, -0.2) is 30.0 Å². The van der Waals surface area contributed by atoms with Gasteiger partial charge in [-0.2, -0.15) is 0 Å². The van der Waals surface area contributed by atoms with Gasteiger partial charge in [-0.05, 0) is 90.2 Å². The zero-order valence-corrected chi connectivity index (χ0v) is 20.4. The molecule has 1 aliphatic rings. The smallest absolute Gasteiger partial charge is 0.255 e. The predicted octanol–water partition coefficient (Wildman–Crippen LogP) is 5.42. The summed E-state index contributed by atoms with van der Waals surface area (Å²) >= 11 is 2.15. The molecule has 2 heterocycles. The Labute approximate surface area is 209 Å². The van der Waals surface area contributed by atoms with Gasteiger partial charge in [0.15, 0.2) is 11.5 Å². The number of fused-ring (bicyclic) bond motifs is 2. The molecular formula is C26H20IN3O4. The maximum Gasteiger partial charge on any atom is 0.255 e. The molecule has 2 N–H and O–H groups in total. The van der Waals surface area contributed by atoms with E-state index in [4.69, 9.17) is 9.47 Å². The van der Waals surface area contributed by atoms with Crippen molar-refractivity contribution in [1.29, 1.82) is 0 Å². The first-order chi connectivity index (χ1) is 16.5. The van der Waals surface area contributed by atoms with Crippen LogP contribution in [0.3, 0.4) is 0 Å². The Hall–Kier alpha value is -3.66. The monoisotopic (exact) mass is 565 g/mol. The van der Waals surface area contributed by atoms with Crippen LogP contribution >= 0.6 is 22.6 Å². The number of benzene rings is 3. The fourth-order valence-electron chi connectivity index (χ4n) is 3.65. The molecule has 34 heavy (non-hydrogen) atoms. The summed E-state index contributed by atoms with van der Waals surface area (Å²) in [4.78, 5) is 30.2. The summed E-state index contributed by atoms with van der Waals surface area (Å²) in [7, 11) is 0. The molecule has 3 aromatic carbocycles. The summed E-state index contributed by atoms with van der Waals surface area (Å²) in [6, 6.07) is 19.7. The number of ether oxygens (including phenoxy) is 2. The van der Waals surface area contributed by atoms with Crippen molar-refractivity contribution >= 4 is 56.7 Å². The summed E-state index contributed by atoms with van der Waals surface area (Å²) in [6.07, 6.45) is 0. The van der Waals surface area contributed by atoms with Crippen molar-refractivity contribution in [3.05, 3.63) is 87.1 Å². The quantitative estimate of drug-likeness (QED) is 0.323. The highest BCUT2D eigenvalue weighted by Gasteiger charge is 2.16. The van der Waals surface area contributed by atoms with Gasteiger partial charge in [0.05, 0.1) is 11.2 Å². The Morgan fingerprint density at radius 2 is 1.56 bits per heavy atom. The van der Waals surface area contributed by atoms with Crippen LogP contribution in [0.15, 0.2) is 66.7 Å². The number of aryl methyl sites for hydroxylation is 1. The highest BCUT2D eigenvalue weighted by molar-refractivity contribution is 14.1. The van der Waals surface area contributed by atoms with E-state index in [2.05, 4.69) is 38.2 Å². The second-order valence-corrected chi connectivity index (χ2v) is 8.98. The number of rotatable bonds is 4. The number of anilines is 2. The molecule has 170 valence electrons. The van der Waals surface area contributed by atoms with E-state index >= 15 is 0 Å². The summed E-state index contributed by atoms with van der Waals surface area (Å²) in [6.45, 7) is 2.87. The van der Waals surface area contributed by atoms with Crippen LogP contribution in [0.1, 0.15) is 26.4 Å². The number of hydrogen-bond acceptors (Lipinski definition) is 5. The molecule has 7 nitrogen and oxygen atoms in total. The van der Waals surface area contributed by atoms with Gasteiger partial charge in [-0.1, -0.05) is 6.07 Å². The van der Waals surface area contributed by atoms with E-state index in [1.54, 1.807) is 36.4 Å². The van der Waals surface area contributed by atoms with Gasteiger partial charge in [0.2, 0.25) is 0 Å². The SMILES string of the molecule is Cc1ccc2cc(C(=O)Nc3cc(NC(=O)c4ccc5c(c4)OCCO5)ccc3I)ccc2n1. The van der Waals surface area contributed by atoms with Gasteiger partial charge in [0.25, 0.3) is 11.8 Å². The zero-order valence-electron chi connectivity index (χ0n) is 18.2. The fraction of sp³-hybridized carbons (Fsp3) is 0.115. The molecule has 4 aromatic rings. The van der Waals surface area contributed by atoms with Gasteiger partial charge in [0, 0.05) is 31.5 Å². The Kier molecular flexibility index (Phi) is 6.06. The van der Waals surface area contributed by atoms with Crippen molar-refractivity contribution in [3.8, 4) is 11.5 Å². The van der Waals surface area contributed by atoms with Gasteiger partial charge in [-0.25, -0.2) is 0 Å². The lowest BCUT2D eigenvalue weighted by atomic mass is 10.1. The van der Waals surface area contributed by atoms with Gasteiger partial charge in [0.1, 0.15) is 13.2 Å². The maximum atomic E-state index is 12.9. The highest BCUT2D eigenvalue weighted by Crippen LogP contribution is 2.31. The van der Waals surface area contributed by atoms with Gasteiger partial charge in [-0.3, -0.25) is 14.6 Å². The minimum absolute atomic E-state index is 0.240. The Morgan fingerprint density at radius 3 is 2.41 bits per heavy atom. The third kappa shape index (κ3) is 4.67. The number of pyridine rings is 1. The number of aromatic nitrogens is 1. The largest absolute Gasteiger partial charge is 0.486 e. The van der Waals surface area contributed by atoms with E-state index in [9.17, 15) is 9.59 Å². The molecule has 0 radical (unpaired) electrons. The minimum Gasteiger partial charge on any atom is -0.486 e. The molecule has 0 saturated heterocycles. The predicted molar refractivity (Wildman–Crippen MR) is 139 cm³/mol. The van der Waals surface area contributed by atoms with Crippen LogP contribution in [0.25, 0.3) is 10.9 Å². The number of nitrogens with zero attached hydrogens (tertiary/aromatic N) is 1. The number of carbonyl (C=O) groups is 2. The molecule has 0 fully saturated rings. The summed E-state index contributed by atoms with van der Waals surface area (Å²) < 4.78 is 11.9. The third-order valence-corrected chi connectivity index (χ3v) is 6.31. The zero-order chi connectivity index (χ0) is 23.7. The molecule has 1 aliphatic heterocycles. The van der Waals surface area contributed by atoms with Gasteiger partial charge < -0.3 is 20.1 Å². The maximum absolute atomic E-state index is 12.9. The van der Waals surface area contributed by atoms with Crippen molar-refractivity contribution in [1.82, 2.24) is 4.98 Å². The first kappa shape index (κ1) is 22.1. The number of hydrogen-bond donors (Lipinski definition) is 2. The molecular weight excluding hydrogens is 545 g/mol. The van der Waals surface area contributed by atoms with Crippen molar-refractivity contribution in [3.63, 3.8) is 0 Å². The molecule has 5 rings (SSSR count). The normalized spacial score (nSPS) is 12.3. The first-order valence-electron chi connectivity index (χ1n) is 10.7. The molecule has 0 bridgehead atoms. The number of nitrogens with one attached hydrogen (secondary N) is 2. The van der Waals surface area contributed by atoms with E-state index in [0.29, 0.717) is 47.2 Å². The van der Waals surface area contributed by atoms with Crippen molar-refractivity contribution in [2.75, 3.05) is 23.8 Å². The molecule has 0 spiro atoms. The second-order valence-electron chi connectivity index (χ2n) is 7.82. The Balaban J connectivity index is 1.33. The average Bonchev–Trinajstić information content (AvgIpc) is 2.85. The van der Waals surface area contributed by atoms with Gasteiger partial charge in [-0.15, -0.1) is 0 Å². The van der Waals surface area contributed by atoms with Crippen LogP contribution in [0.5, 0.6) is 11.5 Å². The van der Waals surface area contributed by atoms with E-state index < -0.39 is 0 Å². The third-order valence-electron chi connectivity index (χ3n) is 5.37. The van der Waals surface area contributed by atoms with Crippen LogP contribution in [0.4, 0.5) is 11.4 Å². The van der Waals surface area contributed by atoms with Crippen LogP contribution in [0.2, 0.25) is 0 Å². The molecule has 0 saturated carbocycles. The van der Waals surface area contributed by atoms with Crippen LogP contribution in [0, 0.1) is 10.5 Å². The minimum atomic E-state index is -0.284.